The third-order valence-corrected chi connectivity index (χ3v) is 6.69. The van der Waals surface area contributed by atoms with Crippen LogP contribution in [0.2, 0.25) is 0 Å². The summed E-state index contributed by atoms with van der Waals surface area (Å²) in [5.41, 5.74) is 2.75. The maximum Gasteiger partial charge on any atom is 0.311 e. The van der Waals surface area contributed by atoms with Crippen LogP contribution in [0.1, 0.15) is 30.4 Å². The highest BCUT2D eigenvalue weighted by Gasteiger charge is 2.40. The van der Waals surface area contributed by atoms with Gasteiger partial charge < -0.3 is 14.7 Å². The number of rotatable bonds is 11. The second-order valence-electron chi connectivity index (χ2n) is 9.24. The first-order valence-electron chi connectivity index (χ1n) is 12.3. The molecule has 0 radical (unpaired) electrons. The summed E-state index contributed by atoms with van der Waals surface area (Å²) in [7, 11) is 0. The lowest BCUT2D eigenvalue weighted by Gasteiger charge is -2.25. The molecule has 1 aliphatic heterocycles. The molecular weight excluding hydrogens is 486 g/mol. The van der Waals surface area contributed by atoms with Gasteiger partial charge in [-0.2, -0.15) is 5.26 Å². The molecule has 0 aliphatic carbocycles. The standard InChI is InChI=1S/C29H27N3O6/c30-18-21-8-10-22(11-9-21)23-12-13-27(26(16-23)32(36)37)38-19-25-15-24(17-28(33)34)29(35)31(25)14-4-7-20-5-2-1-3-6-20/h1-3,5-6,8-13,16,24-25H,4,7,14-15,17,19H2,(H,33,34)/t24-,25-/m0/s1. The fourth-order valence-electron chi connectivity index (χ4n) is 4.79. The highest BCUT2D eigenvalue weighted by atomic mass is 16.6. The first-order valence-corrected chi connectivity index (χ1v) is 12.3. The molecule has 1 fully saturated rings. The van der Waals surface area contributed by atoms with Crippen LogP contribution in [0.4, 0.5) is 5.69 Å². The first-order chi connectivity index (χ1) is 18.4. The van der Waals surface area contributed by atoms with Crippen molar-refractivity contribution >= 4 is 17.6 Å². The van der Waals surface area contributed by atoms with Gasteiger partial charge in [0.1, 0.15) is 6.61 Å². The number of nitriles is 1. The van der Waals surface area contributed by atoms with Crippen LogP contribution in [-0.4, -0.2) is 46.0 Å². The van der Waals surface area contributed by atoms with Crippen LogP contribution in [0.5, 0.6) is 5.75 Å². The second kappa shape index (κ2) is 12.0. The number of ether oxygens (including phenoxy) is 1. The molecule has 194 valence electrons. The van der Waals surface area contributed by atoms with Crippen molar-refractivity contribution < 1.29 is 24.4 Å². The van der Waals surface area contributed by atoms with Gasteiger partial charge in [0.2, 0.25) is 5.91 Å². The van der Waals surface area contributed by atoms with Crippen molar-refractivity contribution in [1.29, 1.82) is 5.26 Å². The van der Waals surface area contributed by atoms with E-state index < -0.39 is 16.8 Å². The van der Waals surface area contributed by atoms with Gasteiger partial charge in [-0.15, -0.1) is 0 Å². The number of nitrogens with zero attached hydrogens (tertiary/aromatic N) is 3. The minimum absolute atomic E-state index is 0.0181. The van der Waals surface area contributed by atoms with Crippen molar-refractivity contribution in [2.75, 3.05) is 13.2 Å². The predicted molar refractivity (Wildman–Crippen MR) is 139 cm³/mol. The zero-order valence-electron chi connectivity index (χ0n) is 20.7. The molecule has 2 atom stereocenters. The van der Waals surface area contributed by atoms with Gasteiger partial charge in [0.05, 0.1) is 34.9 Å². The Bertz CT molecular complexity index is 1350. The van der Waals surface area contributed by atoms with E-state index in [1.165, 1.54) is 12.1 Å². The zero-order valence-corrected chi connectivity index (χ0v) is 20.7. The molecule has 1 N–H and O–H groups in total. The summed E-state index contributed by atoms with van der Waals surface area (Å²) in [6.45, 7) is 0.460. The van der Waals surface area contributed by atoms with Crippen molar-refractivity contribution in [1.82, 2.24) is 4.90 Å². The fraction of sp³-hybridized carbons (Fsp3) is 0.276. The van der Waals surface area contributed by atoms with Crippen LogP contribution < -0.4 is 4.74 Å². The maximum absolute atomic E-state index is 13.0. The molecule has 3 aromatic rings. The lowest BCUT2D eigenvalue weighted by atomic mass is 10.0. The van der Waals surface area contributed by atoms with Crippen molar-refractivity contribution in [3.05, 3.63) is 94.0 Å². The van der Waals surface area contributed by atoms with Crippen LogP contribution in [0.3, 0.4) is 0 Å². The molecule has 1 aliphatic rings. The number of hydrogen-bond acceptors (Lipinski definition) is 6. The Morgan fingerprint density at radius 1 is 1.11 bits per heavy atom. The number of likely N-dealkylation sites (tertiary alicyclic amines) is 1. The number of nitro groups is 1. The van der Waals surface area contributed by atoms with Gasteiger partial charge in [-0.3, -0.25) is 19.7 Å². The molecule has 0 saturated carbocycles. The molecule has 9 nitrogen and oxygen atoms in total. The minimum atomic E-state index is -1.04. The SMILES string of the molecule is N#Cc1ccc(-c2ccc(OC[C@@H]3C[C@@H](CC(=O)O)C(=O)N3CCCc3ccccc3)c([N+](=O)[O-])c2)cc1. The number of benzene rings is 3. The molecule has 0 aromatic heterocycles. The van der Waals surface area contributed by atoms with Crippen molar-refractivity contribution in [2.24, 2.45) is 5.92 Å². The molecule has 38 heavy (non-hydrogen) atoms. The number of carboxylic acids is 1. The van der Waals surface area contributed by atoms with E-state index in [1.807, 2.05) is 36.4 Å². The molecule has 0 spiro atoms. The van der Waals surface area contributed by atoms with Gasteiger partial charge in [-0.25, -0.2) is 0 Å². The molecular formula is C29H27N3O6. The summed E-state index contributed by atoms with van der Waals surface area (Å²) in [5.74, 6) is -1.83. The minimum Gasteiger partial charge on any atom is -0.485 e. The number of amides is 1. The molecule has 0 unspecified atom stereocenters. The Balaban J connectivity index is 1.48. The summed E-state index contributed by atoms with van der Waals surface area (Å²) in [6, 6.07) is 22.9. The van der Waals surface area contributed by atoms with Crippen molar-refractivity contribution in [3.63, 3.8) is 0 Å². The molecule has 3 aromatic carbocycles. The molecule has 9 heteroatoms. The lowest BCUT2D eigenvalue weighted by molar-refractivity contribution is -0.385. The van der Waals surface area contributed by atoms with Gasteiger partial charge in [0.25, 0.3) is 0 Å². The Hall–Kier alpha value is -4.71. The van der Waals surface area contributed by atoms with Crippen LogP contribution in [0, 0.1) is 27.4 Å². The molecule has 1 heterocycles. The lowest BCUT2D eigenvalue weighted by Crippen LogP contribution is -2.38. The van der Waals surface area contributed by atoms with E-state index in [-0.39, 0.29) is 36.4 Å². The smallest absolute Gasteiger partial charge is 0.311 e. The van der Waals surface area contributed by atoms with Gasteiger partial charge >= 0.3 is 11.7 Å². The number of nitro benzene ring substituents is 1. The summed E-state index contributed by atoms with van der Waals surface area (Å²) >= 11 is 0. The van der Waals surface area contributed by atoms with Crippen molar-refractivity contribution in [3.8, 4) is 22.9 Å². The number of aliphatic carboxylic acids is 1. The van der Waals surface area contributed by atoms with Crippen LogP contribution >= 0.6 is 0 Å². The fourth-order valence-corrected chi connectivity index (χ4v) is 4.79. The Kier molecular flexibility index (Phi) is 8.34. The van der Waals surface area contributed by atoms with E-state index >= 15 is 0 Å². The monoisotopic (exact) mass is 513 g/mol. The quantitative estimate of drug-likeness (QED) is 0.286. The number of carboxylic acid groups (broad SMARTS) is 1. The largest absolute Gasteiger partial charge is 0.485 e. The Morgan fingerprint density at radius 2 is 1.82 bits per heavy atom. The van der Waals surface area contributed by atoms with Gasteiger partial charge in [-0.1, -0.05) is 48.5 Å². The predicted octanol–water partition coefficient (Wildman–Crippen LogP) is 4.84. The highest BCUT2D eigenvalue weighted by molar-refractivity contribution is 5.85. The van der Waals surface area contributed by atoms with E-state index in [0.717, 1.165) is 17.5 Å². The third kappa shape index (κ3) is 6.34. The maximum atomic E-state index is 13.0. The number of hydrogen-bond donors (Lipinski definition) is 1. The summed E-state index contributed by atoms with van der Waals surface area (Å²) in [6.07, 6.45) is 1.52. The van der Waals surface area contributed by atoms with Gasteiger partial charge in [-0.05, 0) is 54.2 Å². The van der Waals surface area contributed by atoms with E-state index in [0.29, 0.717) is 30.5 Å². The second-order valence-corrected chi connectivity index (χ2v) is 9.24. The average molecular weight is 514 g/mol. The molecule has 1 saturated heterocycles. The van der Waals surface area contributed by atoms with E-state index in [1.54, 1.807) is 35.2 Å². The summed E-state index contributed by atoms with van der Waals surface area (Å²) in [5, 5.41) is 30.1. The average Bonchev–Trinajstić information content (AvgIpc) is 3.21. The number of aryl methyl sites for hydroxylation is 1. The van der Waals surface area contributed by atoms with Crippen LogP contribution in [0.15, 0.2) is 72.8 Å². The van der Waals surface area contributed by atoms with Crippen LogP contribution in [0.25, 0.3) is 11.1 Å². The summed E-state index contributed by atoms with van der Waals surface area (Å²) < 4.78 is 5.88. The molecule has 1 amide bonds. The number of carbonyl (C=O) groups is 2. The van der Waals surface area contributed by atoms with Crippen LogP contribution in [-0.2, 0) is 16.0 Å². The normalized spacial score (nSPS) is 16.7. The molecule has 4 rings (SSSR count). The Labute approximate surface area is 220 Å². The Morgan fingerprint density at radius 3 is 2.47 bits per heavy atom. The first kappa shape index (κ1) is 26.4. The van der Waals surface area contributed by atoms with E-state index in [4.69, 9.17) is 10.00 Å². The van der Waals surface area contributed by atoms with E-state index in [2.05, 4.69) is 0 Å². The van der Waals surface area contributed by atoms with Crippen molar-refractivity contribution in [2.45, 2.75) is 31.7 Å². The summed E-state index contributed by atoms with van der Waals surface area (Å²) in [4.78, 5) is 37.3. The zero-order chi connectivity index (χ0) is 27.1. The number of carbonyl (C=O) groups excluding carboxylic acids is 1. The molecule has 0 bridgehead atoms. The highest BCUT2D eigenvalue weighted by Crippen LogP contribution is 2.34. The third-order valence-electron chi connectivity index (χ3n) is 6.69. The van der Waals surface area contributed by atoms with Gasteiger partial charge in [0, 0.05) is 12.6 Å². The van der Waals surface area contributed by atoms with Gasteiger partial charge in [0.15, 0.2) is 5.75 Å². The van der Waals surface area contributed by atoms with E-state index in [9.17, 15) is 24.8 Å². The topological polar surface area (TPSA) is 134 Å².